The average molecular weight is 252 g/mol. The van der Waals surface area contributed by atoms with E-state index in [-0.39, 0.29) is 17.2 Å². The monoisotopic (exact) mass is 252 g/mol. The number of nitrogens with one attached hydrogen (secondary N) is 1. The van der Waals surface area contributed by atoms with Crippen LogP contribution in [0.3, 0.4) is 0 Å². The first kappa shape index (κ1) is 14.3. The fourth-order valence-electron chi connectivity index (χ4n) is 1.57. The molecule has 4 N–H and O–H groups in total. The van der Waals surface area contributed by atoms with Crippen molar-refractivity contribution >= 4 is 5.91 Å². The number of carbonyl (C=O) groups excluding carboxylic acids is 1. The van der Waals surface area contributed by atoms with Crippen LogP contribution < -0.4 is 15.8 Å². The highest BCUT2D eigenvalue weighted by atomic mass is 16.5. The average Bonchev–Trinajstić information content (AvgIpc) is 2.37. The third-order valence-electron chi connectivity index (χ3n) is 2.72. The molecule has 5 heteroatoms. The van der Waals surface area contributed by atoms with Crippen molar-refractivity contribution in [3.63, 3.8) is 0 Å². The Hall–Kier alpha value is -1.75. The number of amides is 1. The van der Waals surface area contributed by atoms with Gasteiger partial charge in [0.15, 0.2) is 0 Å². The van der Waals surface area contributed by atoms with E-state index in [2.05, 4.69) is 5.32 Å². The maximum Gasteiger partial charge on any atom is 0.255 e. The summed E-state index contributed by atoms with van der Waals surface area (Å²) in [5.74, 6) is 0.481. The Morgan fingerprint density at radius 3 is 2.89 bits per heavy atom. The van der Waals surface area contributed by atoms with Crippen molar-refractivity contribution in [2.75, 3.05) is 20.2 Å². The van der Waals surface area contributed by atoms with Gasteiger partial charge in [-0.25, -0.2) is 0 Å². The molecule has 0 aliphatic carbocycles. The molecule has 18 heavy (non-hydrogen) atoms. The lowest BCUT2D eigenvalue weighted by molar-refractivity contribution is 0.0944. The van der Waals surface area contributed by atoms with Crippen molar-refractivity contribution in [2.24, 2.45) is 11.7 Å². The normalized spacial score (nSPS) is 11.9. The summed E-state index contributed by atoms with van der Waals surface area (Å²) in [5.41, 5.74) is 5.66. The molecule has 100 valence electrons. The highest BCUT2D eigenvalue weighted by molar-refractivity contribution is 5.97. The van der Waals surface area contributed by atoms with Crippen LogP contribution in [0.4, 0.5) is 0 Å². The van der Waals surface area contributed by atoms with Gasteiger partial charge in [0.25, 0.3) is 5.91 Å². The molecule has 0 aliphatic heterocycles. The number of ether oxygens (including phenoxy) is 1. The van der Waals surface area contributed by atoms with Crippen molar-refractivity contribution in [1.82, 2.24) is 5.32 Å². The molecule has 1 aromatic carbocycles. The summed E-state index contributed by atoms with van der Waals surface area (Å²) < 4.78 is 5.02. The van der Waals surface area contributed by atoms with Gasteiger partial charge in [0.1, 0.15) is 11.5 Å². The number of benzene rings is 1. The van der Waals surface area contributed by atoms with Crippen molar-refractivity contribution in [3.05, 3.63) is 23.8 Å². The second-order valence-corrected chi connectivity index (χ2v) is 4.28. The Morgan fingerprint density at radius 2 is 2.28 bits per heavy atom. The van der Waals surface area contributed by atoms with Crippen LogP contribution in [0.25, 0.3) is 0 Å². The van der Waals surface area contributed by atoms with Crippen molar-refractivity contribution < 1.29 is 14.6 Å². The van der Waals surface area contributed by atoms with E-state index in [1.165, 1.54) is 19.2 Å². The summed E-state index contributed by atoms with van der Waals surface area (Å²) in [6, 6.07) is 4.55. The molecule has 0 spiro atoms. The third kappa shape index (κ3) is 3.92. The fourth-order valence-corrected chi connectivity index (χ4v) is 1.57. The first-order valence-electron chi connectivity index (χ1n) is 5.93. The first-order chi connectivity index (χ1) is 8.58. The van der Waals surface area contributed by atoms with Crippen LogP contribution in [0.5, 0.6) is 11.5 Å². The summed E-state index contributed by atoms with van der Waals surface area (Å²) in [5, 5.41) is 12.4. The molecule has 0 bridgehead atoms. The van der Waals surface area contributed by atoms with Crippen LogP contribution in [0.2, 0.25) is 0 Å². The predicted octanol–water partition coefficient (Wildman–Crippen LogP) is 1.12. The zero-order valence-electron chi connectivity index (χ0n) is 10.8. The molecule has 1 unspecified atom stereocenters. The highest BCUT2D eigenvalue weighted by Gasteiger charge is 2.13. The van der Waals surface area contributed by atoms with Crippen molar-refractivity contribution in [2.45, 2.75) is 13.3 Å². The molecule has 0 heterocycles. The van der Waals surface area contributed by atoms with Crippen LogP contribution in [0.1, 0.15) is 23.7 Å². The van der Waals surface area contributed by atoms with Crippen LogP contribution in [0.15, 0.2) is 18.2 Å². The summed E-state index contributed by atoms with van der Waals surface area (Å²) in [7, 11) is 1.51. The number of rotatable bonds is 6. The van der Waals surface area contributed by atoms with Crippen LogP contribution in [-0.4, -0.2) is 31.2 Å². The Balaban J connectivity index is 2.66. The summed E-state index contributed by atoms with van der Waals surface area (Å²) >= 11 is 0. The van der Waals surface area contributed by atoms with Crippen LogP contribution in [0, 0.1) is 5.92 Å². The van der Waals surface area contributed by atoms with Crippen molar-refractivity contribution in [3.8, 4) is 11.5 Å². The number of methoxy groups -OCH3 is 1. The van der Waals surface area contributed by atoms with Gasteiger partial charge in [0, 0.05) is 6.54 Å². The number of phenolic OH excluding ortho intramolecular Hbond substituents is 1. The zero-order chi connectivity index (χ0) is 13.5. The molecule has 0 aromatic heterocycles. The Kier molecular flexibility index (Phi) is 5.45. The van der Waals surface area contributed by atoms with Gasteiger partial charge in [-0.3, -0.25) is 4.79 Å². The molecule has 0 saturated heterocycles. The van der Waals surface area contributed by atoms with Gasteiger partial charge in [-0.1, -0.05) is 6.92 Å². The largest absolute Gasteiger partial charge is 0.507 e. The quantitative estimate of drug-likeness (QED) is 0.708. The minimum absolute atomic E-state index is 0.0558. The Bertz CT molecular complexity index is 407. The first-order valence-corrected chi connectivity index (χ1v) is 5.93. The molecule has 1 rings (SSSR count). The van der Waals surface area contributed by atoms with E-state index in [1.54, 1.807) is 6.07 Å². The molecule has 1 amide bonds. The van der Waals surface area contributed by atoms with Gasteiger partial charge in [-0.15, -0.1) is 0 Å². The minimum Gasteiger partial charge on any atom is -0.507 e. The van der Waals surface area contributed by atoms with E-state index in [9.17, 15) is 9.90 Å². The minimum atomic E-state index is -0.310. The van der Waals surface area contributed by atoms with Gasteiger partial charge >= 0.3 is 0 Å². The molecule has 1 aromatic rings. The number of phenols is 1. The number of carbonyl (C=O) groups is 1. The molecule has 0 aliphatic rings. The van der Waals surface area contributed by atoms with E-state index < -0.39 is 0 Å². The van der Waals surface area contributed by atoms with Crippen molar-refractivity contribution in [1.29, 1.82) is 0 Å². The Labute approximate surface area is 107 Å². The third-order valence-corrected chi connectivity index (χ3v) is 2.72. The van der Waals surface area contributed by atoms with E-state index in [1.807, 2.05) is 6.92 Å². The standard InChI is InChI=1S/C13H20N2O3/c1-9(5-6-14)8-15-13(17)11-7-10(18-2)3-4-12(11)16/h3-4,7,9,16H,5-6,8,14H2,1-2H3,(H,15,17). The molecule has 0 fully saturated rings. The van der Waals surface area contributed by atoms with Gasteiger partial charge in [0.05, 0.1) is 12.7 Å². The van der Waals surface area contributed by atoms with Gasteiger partial charge < -0.3 is 20.9 Å². The van der Waals surface area contributed by atoms with Crippen LogP contribution >= 0.6 is 0 Å². The summed E-state index contributed by atoms with van der Waals surface area (Å²) in [6.45, 7) is 3.15. The molecule has 0 radical (unpaired) electrons. The van der Waals surface area contributed by atoms with Gasteiger partial charge in [-0.2, -0.15) is 0 Å². The molecular formula is C13H20N2O3. The summed E-state index contributed by atoms with van der Waals surface area (Å²) in [6.07, 6.45) is 0.852. The smallest absolute Gasteiger partial charge is 0.255 e. The molecule has 1 atom stereocenters. The molecule has 0 saturated carbocycles. The Morgan fingerprint density at radius 1 is 1.56 bits per heavy atom. The lowest BCUT2D eigenvalue weighted by atomic mass is 10.1. The number of aromatic hydroxyl groups is 1. The lowest BCUT2D eigenvalue weighted by Crippen LogP contribution is -2.29. The zero-order valence-corrected chi connectivity index (χ0v) is 10.8. The SMILES string of the molecule is COc1ccc(O)c(C(=O)NCC(C)CCN)c1. The fraction of sp³-hybridized carbons (Fsp3) is 0.462. The molecule has 5 nitrogen and oxygen atoms in total. The van der Waals surface area contributed by atoms with E-state index in [4.69, 9.17) is 10.5 Å². The second kappa shape index (κ2) is 6.86. The number of hydrogen-bond acceptors (Lipinski definition) is 4. The van der Waals surface area contributed by atoms with E-state index in [0.717, 1.165) is 6.42 Å². The van der Waals surface area contributed by atoms with Crippen LogP contribution in [-0.2, 0) is 0 Å². The maximum absolute atomic E-state index is 11.9. The van der Waals surface area contributed by atoms with E-state index in [0.29, 0.717) is 24.8 Å². The second-order valence-electron chi connectivity index (χ2n) is 4.28. The highest BCUT2D eigenvalue weighted by Crippen LogP contribution is 2.22. The number of nitrogens with two attached hydrogens (primary N) is 1. The predicted molar refractivity (Wildman–Crippen MR) is 69.8 cm³/mol. The summed E-state index contributed by atoms with van der Waals surface area (Å²) in [4.78, 5) is 11.9. The topological polar surface area (TPSA) is 84.6 Å². The van der Waals surface area contributed by atoms with E-state index >= 15 is 0 Å². The van der Waals surface area contributed by atoms with Gasteiger partial charge in [-0.05, 0) is 37.1 Å². The lowest BCUT2D eigenvalue weighted by Gasteiger charge is -2.12. The number of hydrogen-bond donors (Lipinski definition) is 3. The maximum atomic E-state index is 11.9. The molecular weight excluding hydrogens is 232 g/mol. The van der Waals surface area contributed by atoms with Gasteiger partial charge in [0.2, 0.25) is 0 Å².